The Morgan fingerprint density at radius 2 is 2.27 bits per heavy atom. The van der Waals surface area contributed by atoms with Crippen LogP contribution in [0.2, 0.25) is 0 Å². The Hall–Kier alpha value is -0.940. The smallest absolute Gasteiger partial charge is 0.317 e. The fraction of sp³-hybridized carbons (Fsp3) is 0.300. The van der Waals surface area contributed by atoms with E-state index in [9.17, 15) is 9.18 Å². The monoisotopic (exact) mass is 275 g/mol. The molecule has 0 unspecified atom stereocenters. The van der Waals surface area contributed by atoms with E-state index in [0.717, 1.165) is 5.56 Å². The number of carboxylic acids is 1. The van der Waals surface area contributed by atoms with Crippen LogP contribution in [0.1, 0.15) is 5.56 Å². The summed E-state index contributed by atoms with van der Waals surface area (Å²) in [6.07, 6.45) is 0. The van der Waals surface area contributed by atoms with Crippen LogP contribution in [-0.2, 0) is 11.3 Å². The lowest BCUT2D eigenvalue weighted by atomic mass is 10.2. The van der Waals surface area contributed by atoms with Gasteiger partial charge in [-0.1, -0.05) is 12.1 Å². The lowest BCUT2D eigenvalue weighted by Crippen LogP contribution is -2.25. The normalized spacial score (nSPS) is 10.7. The van der Waals surface area contributed by atoms with E-state index in [2.05, 4.69) is 15.9 Å². The highest BCUT2D eigenvalue weighted by atomic mass is 79.9. The summed E-state index contributed by atoms with van der Waals surface area (Å²) in [5.41, 5.74) is 0.735. The first-order valence-corrected chi connectivity index (χ1v) is 5.13. The van der Waals surface area contributed by atoms with Gasteiger partial charge in [0.1, 0.15) is 5.82 Å². The van der Waals surface area contributed by atoms with Crippen LogP contribution in [0.5, 0.6) is 0 Å². The van der Waals surface area contributed by atoms with Gasteiger partial charge in [-0.2, -0.15) is 0 Å². The number of carboxylic acid groups (broad SMARTS) is 1. The predicted molar refractivity (Wildman–Crippen MR) is 58.1 cm³/mol. The molecule has 0 aliphatic rings. The van der Waals surface area contributed by atoms with Crippen LogP contribution < -0.4 is 0 Å². The Kier molecular flexibility index (Phi) is 4.23. The zero-order valence-corrected chi connectivity index (χ0v) is 9.79. The van der Waals surface area contributed by atoms with Crippen molar-refractivity contribution in [2.45, 2.75) is 6.54 Å². The number of likely N-dealkylation sites (N-methyl/N-ethyl adjacent to an activating group) is 1. The molecule has 1 rings (SSSR count). The minimum absolute atomic E-state index is 0.0665. The largest absolute Gasteiger partial charge is 0.480 e. The summed E-state index contributed by atoms with van der Waals surface area (Å²) in [5, 5.41) is 8.56. The quantitative estimate of drug-likeness (QED) is 0.915. The average molecular weight is 276 g/mol. The van der Waals surface area contributed by atoms with Crippen LogP contribution in [0.15, 0.2) is 22.7 Å². The van der Waals surface area contributed by atoms with Crippen LogP contribution in [0.25, 0.3) is 0 Å². The molecule has 0 spiro atoms. The summed E-state index contributed by atoms with van der Waals surface area (Å²) < 4.78 is 13.5. The van der Waals surface area contributed by atoms with Crippen molar-refractivity contribution in [3.8, 4) is 0 Å². The maximum Gasteiger partial charge on any atom is 0.317 e. The molecule has 0 radical (unpaired) electrons. The fourth-order valence-corrected chi connectivity index (χ4v) is 1.64. The Morgan fingerprint density at radius 3 is 2.87 bits per heavy atom. The summed E-state index contributed by atoms with van der Waals surface area (Å²) in [6, 6.07) is 4.71. The van der Waals surface area contributed by atoms with Crippen molar-refractivity contribution in [2.75, 3.05) is 13.6 Å². The van der Waals surface area contributed by atoms with Gasteiger partial charge in [-0.3, -0.25) is 9.69 Å². The second-order valence-electron chi connectivity index (χ2n) is 3.28. The van der Waals surface area contributed by atoms with Gasteiger partial charge in [-0.05, 0) is 34.6 Å². The van der Waals surface area contributed by atoms with Crippen molar-refractivity contribution in [1.82, 2.24) is 4.90 Å². The molecule has 0 aliphatic carbocycles. The first kappa shape index (κ1) is 12.1. The standard InChI is InChI=1S/C10H11BrFNO2/c1-13(6-9(14)15)5-7-3-2-4-8(12)10(7)11/h2-4H,5-6H2,1H3,(H,14,15). The molecule has 1 aromatic carbocycles. The zero-order chi connectivity index (χ0) is 11.4. The Balaban J connectivity index is 2.72. The number of nitrogens with zero attached hydrogens (tertiary/aromatic N) is 1. The minimum Gasteiger partial charge on any atom is -0.480 e. The highest BCUT2D eigenvalue weighted by Crippen LogP contribution is 2.21. The molecular formula is C10H11BrFNO2. The van der Waals surface area contributed by atoms with E-state index in [-0.39, 0.29) is 12.4 Å². The molecule has 1 N–H and O–H groups in total. The minimum atomic E-state index is -0.898. The lowest BCUT2D eigenvalue weighted by Gasteiger charge is -2.15. The average Bonchev–Trinajstić information content (AvgIpc) is 2.11. The Labute approximate surface area is 95.6 Å². The summed E-state index contributed by atoms with van der Waals surface area (Å²) in [5.74, 6) is -1.23. The summed E-state index contributed by atoms with van der Waals surface area (Å²) in [6.45, 7) is 0.327. The fourth-order valence-electron chi connectivity index (χ4n) is 1.25. The van der Waals surface area contributed by atoms with Gasteiger partial charge in [0.15, 0.2) is 0 Å². The molecule has 1 aromatic rings. The van der Waals surface area contributed by atoms with Gasteiger partial charge in [-0.15, -0.1) is 0 Å². The molecule has 0 aromatic heterocycles. The van der Waals surface area contributed by atoms with Gasteiger partial charge in [-0.25, -0.2) is 4.39 Å². The van der Waals surface area contributed by atoms with Gasteiger partial charge in [0, 0.05) is 6.54 Å². The molecule has 5 heteroatoms. The van der Waals surface area contributed by atoms with Crippen molar-refractivity contribution >= 4 is 21.9 Å². The van der Waals surface area contributed by atoms with Gasteiger partial charge in [0.2, 0.25) is 0 Å². The molecule has 0 fully saturated rings. The molecule has 3 nitrogen and oxygen atoms in total. The lowest BCUT2D eigenvalue weighted by molar-refractivity contribution is -0.138. The maximum absolute atomic E-state index is 13.1. The third-order valence-electron chi connectivity index (χ3n) is 1.88. The number of halogens is 2. The Morgan fingerprint density at radius 1 is 1.60 bits per heavy atom. The van der Waals surface area contributed by atoms with Crippen LogP contribution in [0.4, 0.5) is 4.39 Å². The molecule has 0 atom stereocenters. The number of benzene rings is 1. The third kappa shape index (κ3) is 3.60. The molecule has 0 heterocycles. The van der Waals surface area contributed by atoms with E-state index in [1.165, 1.54) is 6.07 Å². The first-order chi connectivity index (χ1) is 7.00. The van der Waals surface area contributed by atoms with Crippen molar-refractivity contribution in [1.29, 1.82) is 0 Å². The number of aliphatic carboxylic acids is 1. The Bertz CT molecular complexity index is 370. The highest BCUT2D eigenvalue weighted by Gasteiger charge is 2.09. The molecule has 0 saturated carbocycles. The summed E-state index contributed by atoms with van der Waals surface area (Å²) in [7, 11) is 1.67. The molecular weight excluding hydrogens is 265 g/mol. The molecule has 0 bridgehead atoms. The SMILES string of the molecule is CN(CC(=O)O)Cc1cccc(F)c1Br. The van der Waals surface area contributed by atoms with E-state index in [4.69, 9.17) is 5.11 Å². The van der Waals surface area contributed by atoms with Crippen molar-refractivity contribution < 1.29 is 14.3 Å². The van der Waals surface area contributed by atoms with E-state index in [1.54, 1.807) is 24.1 Å². The molecule has 0 aliphatic heterocycles. The van der Waals surface area contributed by atoms with E-state index < -0.39 is 5.97 Å². The van der Waals surface area contributed by atoms with Crippen molar-refractivity contribution in [3.63, 3.8) is 0 Å². The van der Waals surface area contributed by atoms with E-state index in [0.29, 0.717) is 11.0 Å². The second-order valence-corrected chi connectivity index (χ2v) is 4.07. The number of rotatable bonds is 4. The summed E-state index contributed by atoms with van der Waals surface area (Å²) in [4.78, 5) is 12.0. The van der Waals surface area contributed by atoms with Crippen LogP contribution in [0, 0.1) is 5.82 Å². The number of hydrogen-bond acceptors (Lipinski definition) is 2. The third-order valence-corrected chi connectivity index (χ3v) is 2.77. The van der Waals surface area contributed by atoms with Gasteiger partial charge in [0.25, 0.3) is 0 Å². The molecule has 0 saturated heterocycles. The van der Waals surface area contributed by atoms with Gasteiger partial charge < -0.3 is 5.11 Å². The van der Waals surface area contributed by atoms with Crippen LogP contribution >= 0.6 is 15.9 Å². The maximum atomic E-state index is 13.1. The molecule has 15 heavy (non-hydrogen) atoms. The van der Waals surface area contributed by atoms with Gasteiger partial charge >= 0.3 is 5.97 Å². The summed E-state index contributed by atoms with van der Waals surface area (Å²) >= 11 is 3.13. The van der Waals surface area contributed by atoms with E-state index in [1.807, 2.05) is 0 Å². The molecule has 0 amide bonds. The van der Waals surface area contributed by atoms with Crippen LogP contribution in [0.3, 0.4) is 0 Å². The van der Waals surface area contributed by atoms with Crippen molar-refractivity contribution in [2.24, 2.45) is 0 Å². The van der Waals surface area contributed by atoms with E-state index >= 15 is 0 Å². The zero-order valence-electron chi connectivity index (χ0n) is 8.20. The highest BCUT2D eigenvalue weighted by molar-refractivity contribution is 9.10. The van der Waals surface area contributed by atoms with Gasteiger partial charge in [0.05, 0.1) is 11.0 Å². The first-order valence-electron chi connectivity index (χ1n) is 4.34. The van der Waals surface area contributed by atoms with Crippen LogP contribution in [-0.4, -0.2) is 29.6 Å². The number of hydrogen-bond donors (Lipinski definition) is 1. The molecule has 82 valence electrons. The van der Waals surface area contributed by atoms with Crippen molar-refractivity contribution in [3.05, 3.63) is 34.1 Å². The topological polar surface area (TPSA) is 40.5 Å². The second kappa shape index (κ2) is 5.23. The predicted octanol–water partition coefficient (Wildman–Crippen LogP) is 2.10. The number of carbonyl (C=O) groups is 1.